The summed E-state index contributed by atoms with van der Waals surface area (Å²) in [6, 6.07) is 6.93. The van der Waals surface area contributed by atoms with Gasteiger partial charge < -0.3 is 5.32 Å². The summed E-state index contributed by atoms with van der Waals surface area (Å²) in [5, 5.41) is 3.36. The molecule has 21 heavy (non-hydrogen) atoms. The first kappa shape index (κ1) is 18.3. The van der Waals surface area contributed by atoms with Gasteiger partial charge in [0.2, 0.25) is 0 Å². The van der Waals surface area contributed by atoms with Crippen LogP contribution in [0.3, 0.4) is 0 Å². The lowest BCUT2D eigenvalue weighted by Gasteiger charge is -2.20. The van der Waals surface area contributed by atoms with Crippen LogP contribution < -0.4 is 5.32 Å². The SMILES string of the molecule is CCCS(=O)(=O)c1ccc(NCC(Cl)C(CC)CC)cc1. The molecule has 0 saturated heterocycles. The molecule has 120 valence electrons. The van der Waals surface area contributed by atoms with Crippen molar-refractivity contribution in [2.24, 2.45) is 5.92 Å². The second-order valence-electron chi connectivity index (χ2n) is 5.32. The maximum atomic E-state index is 11.9. The molecule has 0 aliphatic rings. The van der Waals surface area contributed by atoms with E-state index in [4.69, 9.17) is 11.6 Å². The van der Waals surface area contributed by atoms with Crippen LogP contribution in [-0.2, 0) is 9.84 Å². The Hall–Kier alpha value is -0.740. The number of anilines is 1. The van der Waals surface area contributed by atoms with Gasteiger partial charge in [-0.2, -0.15) is 0 Å². The molecule has 0 aromatic heterocycles. The van der Waals surface area contributed by atoms with E-state index in [0.717, 1.165) is 18.5 Å². The largest absolute Gasteiger partial charge is 0.384 e. The van der Waals surface area contributed by atoms with Crippen molar-refractivity contribution in [3.8, 4) is 0 Å². The minimum Gasteiger partial charge on any atom is -0.384 e. The number of alkyl halides is 1. The van der Waals surface area contributed by atoms with Gasteiger partial charge in [0.25, 0.3) is 0 Å². The Labute approximate surface area is 134 Å². The van der Waals surface area contributed by atoms with Crippen molar-refractivity contribution >= 4 is 27.1 Å². The van der Waals surface area contributed by atoms with Crippen LogP contribution in [0.4, 0.5) is 5.69 Å². The number of halogens is 1. The van der Waals surface area contributed by atoms with Gasteiger partial charge in [0, 0.05) is 12.2 Å². The molecule has 1 unspecified atom stereocenters. The lowest BCUT2D eigenvalue weighted by Crippen LogP contribution is -2.22. The van der Waals surface area contributed by atoms with Crippen molar-refractivity contribution in [1.82, 2.24) is 0 Å². The molecule has 0 spiro atoms. The number of benzene rings is 1. The molecule has 1 atom stereocenters. The molecular weight excluding hydrogens is 306 g/mol. The highest BCUT2D eigenvalue weighted by molar-refractivity contribution is 7.91. The Morgan fingerprint density at radius 1 is 1.10 bits per heavy atom. The van der Waals surface area contributed by atoms with Crippen molar-refractivity contribution in [3.63, 3.8) is 0 Å². The molecule has 1 aromatic carbocycles. The van der Waals surface area contributed by atoms with Gasteiger partial charge >= 0.3 is 0 Å². The molecule has 0 heterocycles. The highest BCUT2D eigenvalue weighted by Gasteiger charge is 2.16. The van der Waals surface area contributed by atoms with Gasteiger partial charge in [0.1, 0.15) is 0 Å². The summed E-state index contributed by atoms with van der Waals surface area (Å²) in [4.78, 5) is 0.386. The average Bonchev–Trinajstić information content (AvgIpc) is 2.47. The lowest BCUT2D eigenvalue weighted by atomic mass is 9.99. The molecule has 0 fully saturated rings. The van der Waals surface area contributed by atoms with E-state index in [1.807, 2.05) is 6.92 Å². The third kappa shape index (κ3) is 5.51. The predicted molar refractivity (Wildman–Crippen MR) is 91.0 cm³/mol. The monoisotopic (exact) mass is 331 g/mol. The van der Waals surface area contributed by atoms with Gasteiger partial charge in [0.05, 0.1) is 16.0 Å². The molecule has 0 radical (unpaired) electrons. The van der Waals surface area contributed by atoms with Crippen LogP contribution >= 0.6 is 11.6 Å². The van der Waals surface area contributed by atoms with E-state index in [-0.39, 0.29) is 11.1 Å². The second-order valence-corrected chi connectivity index (χ2v) is 7.99. The molecule has 1 N–H and O–H groups in total. The van der Waals surface area contributed by atoms with E-state index in [9.17, 15) is 8.42 Å². The Morgan fingerprint density at radius 2 is 1.67 bits per heavy atom. The predicted octanol–water partition coefficient (Wildman–Crippen LogP) is 4.33. The van der Waals surface area contributed by atoms with Crippen molar-refractivity contribution < 1.29 is 8.42 Å². The summed E-state index contributed by atoms with van der Waals surface area (Å²) < 4.78 is 23.9. The molecule has 0 bridgehead atoms. The zero-order valence-electron chi connectivity index (χ0n) is 13.1. The molecule has 0 aliphatic heterocycles. The third-order valence-corrected chi connectivity index (χ3v) is 6.19. The zero-order chi connectivity index (χ0) is 15.9. The topological polar surface area (TPSA) is 46.2 Å². The second kappa shape index (κ2) is 8.64. The van der Waals surface area contributed by atoms with Crippen molar-refractivity contribution in [3.05, 3.63) is 24.3 Å². The van der Waals surface area contributed by atoms with Gasteiger partial charge in [0.15, 0.2) is 9.84 Å². The Morgan fingerprint density at radius 3 is 2.14 bits per heavy atom. The van der Waals surface area contributed by atoms with Gasteiger partial charge in [-0.1, -0.05) is 33.6 Å². The summed E-state index contributed by atoms with van der Waals surface area (Å²) in [7, 11) is -3.13. The molecule has 3 nitrogen and oxygen atoms in total. The highest BCUT2D eigenvalue weighted by Crippen LogP contribution is 2.20. The van der Waals surface area contributed by atoms with E-state index in [1.54, 1.807) is 24.3 Å². The first-order valence-corrected chi connectivity index (χ1v) is 9.74. The van der Waals surface area contributed by atoms with Gasteiger partial charge in [-0.15, -0.1) is 11.6 Å². The van der Waals surface area contributed by atoms with Crippen LogP contribution in [0.25, 0.3) is 0 Å². The molecule has 0 amide bonds. The third-order valence-electron chi connectivity index (χ3n) is 3.75. The minimum atomic E-state index is -3.13. The van der Waals surface area contributed by atoms with Crippen LogP contribution in [-0.4, -0.2) is 26.1 Å². The normalized spacial score (nSPS) is 13.4. The maximum Gasteiger partial charge on any atom is 0.178 e. The van der Waals surface area contributed by atoms with Crippen molar-refractivity contribution in [2.75, 3.05) is 17.6 Å². The molecule has 1 aromatic rings. The summed E-state index contributed by atoms with van der Waals surface area (Å²) in [5.74, 6) is 0.696. The standard InChI is InChI=1S/C16H26ClNO2S/c1-4-11-21(19,20)15-9-7-14(8-10-15)18-12-16(17)13(5-2)6-3/h7-10,13,16,18H,4-6,11-12H2,1-3H3. The zero-order valence-corrected chi connectivity index (χ0v) is 14.7. The van der Waals surface area contributed by atoms with Crippen LogP contribution in [0, 0.1) is 5.92 Å². The fourth-order valence-electron chi connectivity index (χ4n) is 2.35. The lowest BCUT2D eigenvalue weighted by molar-refractivity contribution is 0.475. The molecular formula is C16H26ClNO2S. The first-order valence-electron chi connectivity index (χ1n) is 7.65. The average molecular weight is 332 g/mol. The van der Waals surface area contributed by atoms with Gasteiger partial charge in [-0.05, 0) is 36.6 Å². The maximum absolute atomic E-state index is 11.9. The summed E-state index contributed by atoms with van der Waals surface area (Å²) in [5.41, 5.74) is 0.905. The van der Waals surface area contributed by atoms with Gasteiger partial charge in [-0.25, -0.2) is 8.42 Å². The summed E-state index contributed by atoms with van der Waals surface area (Å²) >= 11 is 6.38. The highest BCUT2D eigenvalue weighted by atomic mass is 35.5. The number of nitrogens with one attached hydrogen (secondary N) is 1. The summed E-state index contributed by atoms with van der Waals surface area (Å²) in [6.45, 7) is 6.86. The number of hydrogen-bond donors (Lipinski definition) is 1. The number of hydrogen-bond acceptors (Lipinski definition) is 3. The molecule has 0 aliphatic carbocycles. The van der Waals surface area contributed by atoms with Crippen molar-refractivity contribution in [2.45, 2.75) is 50.3 Å². The number of sulfone groups is 1. The van der Waals surface area contributed by atoms with E-state index in [0.29, 0.717) is 23.8 Å². The molecule has 1 rings (SSSR count). The quantitative estimate of drug-likeness (QED) is 0.685. The van der Waals surface area contributed by atoms with Crippen LogP contribution in [0.2, 0.25) is 0 Å². The number of rotatable bonds is 9. The van der Waals surface area contributed by atoms with Crippen LogP contribution in [0.15, 0.2) is 29.2 Å². The smallest absolute Gasteiger partial charge is 0.178 e. The van der Waals surface area contributed by atoms with E-state index in [2.05, 4.69) is 19.2 Å². The summed E-state index contributed by atoms with van der Waals surface area (Å²) in [6.07, 6.45) is 2.77. The Bertz CT molecular complexity index is 510. The molecule has 5 heteroatoms. The van der Waals surface area contributed by atoms with E-state index in [1.165, 1.54) is 0 Å². The van der Waals surface area contributed by atoms with Gasteiger partial charge in [-0.3, -0.25) is 0 Å². The first-order chi connectivity index (χ1) is 9.94. The van der Waals surface area contributed by atoms with E-state index >= 15 is 0 Å². The minimum absolute atomic E-state index is 0.0866. The Kier molecular flexibility index (Phi) is 7.53. The molecule has 0 saturated carbocycles. The fraction of sp³-hybridized carbons (Fsp3) is 0.625. The van der Waals surface area contributed by atoms with E-state index < -0.39 is 9.84 Å². The van der Waals surface area contributed by atoms with Crippen LogP contribution in [0.5, 0.6) is 0 Å². The van der Waals surface area contributed by atoms with Crippen LogP contribution in [0.1, 0.15) is 40.0 Å². The van der Waals surface area contributed by atoms with Crippen molar-refractivity contribution in [1.29, 1.82) is 0 Å². The Balaban J connectivity index is 2.63. The fourth-order valence-corrected chi connectivity index (χ4v) is 4.11.